The van der Waals surface area contributed by atoms with Crippen LogP contribution in [0.15, 0.2) is 12.3 Å². The van der Waals surface area contributed by atoms with Gasteiger partial charge in [0.25, 0.3) is 0 Å². The highest BCUT2D eigenvalue weighted by atomic mass is 16.7. The Kier molecular flexibility index (Phi) is 5.30. The summed E-state index contributed by atoms with van der Waals surface area (Å²) in [5, 5.41) is 0. The first-order valence-electron chi connectivity index (χ1n) is 11.1. The summed E-state index contributed by atoms with van der Waals surface area (Å²) < 4.78 is 11.6. The number of likely N-dealkylation sites (tertiary alicyclic amines) is 1. The van der Waals surface area contributed by atoms with Gasteiger partial charge in [-0.05, 0) is 31.7 Å². The van der Waals surface area contributed by atoms with Crippen LogP contribution in [0.4, 0.5) is 11.8 Å². The highest BCUT2D eigenvalue weighted by molar-refractivity contribution is 5.79. The second kappa shape index (κ2) is 8.07. The minimum Gasteiger partial charge on any atom is -0.356 e. The van der Waals surface area contributed by atoms with Crippen molar-refractivity contribution in [2.45, 2.75) is 44.3 Å². The van der Waals surface area contributed by atoms with Crippen molar-refractivity contribution in [2.75, 3.05) is 62.3 Å². The summed E-state index contributed by atoms with van der Waals surface area (Å²) in [6, 6.07) is 2.01. The summed E-state index contributed by atoms with van der Waals surface area (Å²) in [6.07, 6.45) is 7.65. The Morgan fingerprint density at radius 1 is 0.966 bits per heavy atom. The monoisotopic (exact) mass is 401 g/mol. The van der Waals surface area contributed by atoms with Crippen molar-refractivity contribution < 1.29 is 14.3 Å². The van der Waals surface area contributed by atoms with E-state index >= 15 is 0 Å². The first-order chi connectivity index (χ1) is 14.2. The van der Waals surface area contributed by atoms with E-state index < -0.39 is 5.79 Å². The highest BCUT2D eigenvalue weighted by Crippen LogP contribution is 2.33. The quantitative estimate of drug-likeness (QED) is 0.763. The smallest absolute Gasteiger partial charge is 0.227 e. The van der Waals surface area contributed by atoms with Crippen molar-refractivity contribution in [1.82, 2.24) is 14.9 Å². The first-order valence-corrected chi connectivity index (χ1v) is 11.1. The lowest BCUT2D eigenvalue weighted by atomic mass is 9.93. The van der Waals surface area contributed by atoms with E-state index in [1.54, 1.807) is 0 Å². The zero-order chi connectivity index (χ0) is 19.7. The Hall–Kier alpha value is -1.93. The van der Waals surface area contributed by atoms with Crippen LogP contribution in [-0.2, 0) is 14.3 Å². The molecule has 5 rings (SSSR count). The number of aromatic nitrogens is 2. The van der Waals surface area contributed by atoms with E-state index in [9.17, 15) is 4.79 Å². The van der Waals surface area contributed by atoms with Gasteiger partial charge in [-0.3, -0.25) is 4.79 Å². The molecule has 29 heavy (non-hydrogen) atoms. The molecule has 0 radical (unpaired) electrons. The van der Waals surface area contributed by atoms with Crippen LogP contribution >= 0.6 is 0 Å². The van der Waals surface area contributed by atoms with Crippen molar-refractivity contribution in [1.29, 1.82) is 0 Å². The fourth-order valence-corrected chi connectivity index (χ4v) is 5.05. The Bertz CT molecular complexity index is 715. The van der Waals surface area contributed by atoms with E-state index in [1.807, 2.05) is 17.2 Å². The molecule has 1 aromatic rings. The number of piperidine rings is 2. The summed E-state index contributed by atoms with van der Waals surface area (Å²) >= 11 is 0. The van der Waals surface area contributed by atoms with Gasteiger partial charge in [0.2, 0.25) is 11.9 Å². The number of hydrogen-bond acceptors (Lipinski definition) is 7. The molecule has 8 heteroatoms. The number of hydrogen-bond donors (Lipinski definition) is 0. The van der Waals surface area contributed by atoms with Gasteiger partial charge < -0.3 is 24.2 Å². The van der Waals surface area contributed by atoms with Crippen molar-refractivity contribution >= 4 is 17.7 Å². The van der Waals surface area contributed by atoms with Gasteiger partial charge in [-0.1, -0.05) is 0 Å². The minimum atomic E-state index is -0.419. The minimum absolute atomic E-state index is 0.104. The van der Waals surface area contributed by atoms with Crippen molar-refractivity contribution in [3.63, 3.8) is 0 Å². The topological polar surface area (TPSA) is 71.0 Å². The SMILES string of the molecule is O=C(C1CCN(c2nccc(N3CCCC3)n2)CC1)N1CCC2(CC1)OCCO2. The molecule has 8 nitrogen and oxygen atoms in total. The summed E-state index contributed by atoms with van der Waals surface area (Å²) in [5.74, 6) is 1.81. The van der Waals surface area contributed by atoms with Crippen molar-refractivity contribution in [3.8, 4) is 0 Å². The molecule has 4 saturated heterocycles. The van der Waals surface area contributed by atoms with Gasteiger partial charge in [0.05, 0.1) is 13.2 Å². The number of rotatable bonds is 3. The third-order valence-electron chi connectivity index (χ3n) is 6.84. The van der Waals surface area contributed by atoms with Crippen molar-refractivity contribution in [3.05, 3.63) is 12.3 Å². The largest absolute Gasteiger partial charge is 0.356 e. The lowest BCUT2D eigenvalue weighted by Crippen LogP contribution is -2.50. The van der Waals surface area contributed by atoms with Crippen LogP contribution in [0.3, 0.4) is 0 Å². The van der Waals surface area contributed by atoms with E-state index in [1.165, 1.54) is 12.8 Å². The van der Waals surface area contributed by atoms with E-state index in [0.717, 1.165) is 76.7 Å². The van der Waals surface area contributed by atoms with Crippen LogP contribution in [0.2, 0.25) is 0 Å². The van der Waals surface area contributed by atoms with Crippen LogP contribution in [0.5, 0.6) is 0 Å². The van der Waals surface area contributed by atoms with Gasteiger partial charge in [-0.25, -0.2) is 4.98 Å². The summed E-state index contributed by atoms with van der Waals surface area (Å²) in [4.78, 5) is 28.9. The molecule has 4 aliphatic heterocycles. The van der Waals surface area contributed by atoms with Crippen LogP contribution in [0.1, 0.15) is 38.5 Å². The summed E-state index contributed by atoms with van der Waals surface area (Å²) in [6.45, 7) is 6.66. The molecule has 0 N–H and O–H groups in total. The average molecular weight is 402 g/mol. The van der Waals surface area contributed by atoms with Crippen LogP contribution in [0.25, 0.3) is 0 Å². The Labute approximate surface area is 172 Å². The Balaban J connectivity index is 1.15. The van der Waals surface area contributed by atoms with Crippen LogP contribution in [0, 0.1) is 5.92 Å². The number of nitrogens with zero attached hydrogens (tertiary/aromatic N) is 5. The number of carbonyl (C=O) groups excluding carboxylic acids is 1. The van der Waals surface area contributed by atoms with Gasteiger partial charge in [-0.2, -0.15) is 4.98 Å². The molecule has 0 atom stereocenters. The number of amides is 1. The van der Waals surface area contributed by atoms with Crippen LogP contribution in [-0.4, -0.2) is 79.0 Å². The number of carbonyl (C=O) groups is 1. The van der Waals surface area contributed by atoms with Crippen molar-refractivity contribution in [2.24, 2.45) is 5.92 Å². The molecular weight excluding hydrogens is 370 g/mol. The molecule has 5 heterocycles. The van der Waals surface area contributed by atoms with Gasteiger partial charge in [0.1, 0.15) is 5.82 Å². The molecule has 1 amide bonds. The zero-order valence-electron chi connectivity index (χ0n) is 17.1. The molecule has 0 aromatic carbocycles. The molecular formula is C21H31N5O3. The third-order valence-corrected chi connectivity index (χ3v) is 6.84. The molecule has 0 aliphatic carbocycles. The highest BCUT2D eigenvalue weighted by Gasteiger charge is 2.42. The average Bonchev–Trinajstić information content (AvgIpc) is 3.47. The van der Waals surface area contributed by atoms with E-state index in [4.69, 9.17) is 14.5 Å². The summed E-state index contributed by atoms with van der Waals surface area (Å²) in [5.41, 5.74) is 0. The Morgan fingerprint density at radius 2 is 1.66 bits per heavy atom. The fourth-order valence-electron chi connectivity index (χ4n) is 5.05. The van der Waals surface area contributed by atoms with Crippen LogP contribution < -0.4 is 9.80 Å². The van der Waals surface area contributed by atoms with E-state index in [2.05, 4.69) is 14.8 Å². The van der Waals surface area contributed by atoms with Gasteiger partial charge in [0, 0.05) is 64.2 Å². The lowest BCUT2D eigenvalue weighted by Gasteiger charge is -2.40. The maximum absolute atomic E-state index is 13.0. The summed E-state index contributed by atoms with van der Waals surface area (Å²) in [7, 11) is 0. The molecule has 1 aromatic heterocycles. The molecule has 158 valence electrons. The molecule has 4 aliphatic rings. The van der Waals surface area contributed by atoms with E-state index in [-0.39, 0.29) is 5.92 Å². The molecule has 0 unspecified atom stereocenters. The standard InChI is InChI=1S/C21H31N5O3/c27-19(25-13-6-21(7-14-25)28-15-16-29-21)17-4-11-26(12-5-17)20-22-8-3-18(23-20)24-9-1-2-10-24/h3,8,17H,1-2,4-7,9-16H2. The molecule has 4 fully saturated rings. The predicted octanol–water partition coefficient (Wildman–Crippen LogP) is 1.66. The predicted molar refractivity (Wildman–Crippen MR) is 109 cm³/mol. The second-order valence-corrected chi connectivity index (χ2v) is 8.60. The lowest BCUT2D eigenvalue weighted by molar-refractivity contribution is -0.188. The normalized spacial score (nSPS) is 25.2. The fraction of sp³-hybridized carbons (Fsp3) is 0.762. The molecule has 1 spiro atoms. The Morgan fingerprint density at radius 3 is 2.34 bits per heavy atom. The second-order valence-electron chi connectivity index (χ2n) is 8.60. The maximum Gasteiger partial charge on any atom is 0.227 e. The van der Waals surface area contributed by atoms with E-state index in [0.29, 0.717) is 19.1 Å². The first kappa shape index (κ1) is 19.1. The maximum atomic E-state index is 13.0. The van der Waals surface area contributed by atoms with Gasteiger partial charge in [0.15, 0.2) is 5.79 Å². The number of ether oxygens (including phenoxy) is 2. The third kappa shape index (κ3) is 3.92. The van der Waals surface area contributed by atoms with Gasteiger partial charge >= 0.3 is 0 Å². The zero-order valence-corrected chi connectivity index (χ0v) is 17.1. The molecule has 0 bridgehead atoms. The number of anilines is 2. The van der Waals surface area contributed by atoms with Gasteiger partial charge in [-0.15, -0.1) is 0 Å². The molecule has 0 saturated carbocycles.